The van der Waals surface area contributed by atoms with Gasteiger partial charge < -0.3 is 20.9 Å². The van der Waals surface area contributed by atoms with Gasteiger partial charge in [0.25, 0.3) is 0 Å². The molecular weight excluding hydrogens is 468 g/mol. The van der Waals surface area contributed by atoms with Crippen LogP contribution in [0, 0.1) is 0 Å². The number of nitrogens with one attached hydrogen (secondary N) is 1. The molecule has 0 rings (SSSR count). The van der Waals surface area contributed by atoms with E-state index in [-0.39, 0.29) is 18.0 Å². The highest BCUT2D eigenvalue weighted by molar-refractivity contribution is 5.83. The molecular formula is C30H58N2O5. The zero-order chi connectivity index (χ0) is 27.6. The number of rotatable bonds is 27. The number of carboxylic acids is 1. The molecule has 2 atom stereocenters. The summed E-state index contributed by atoms with van der Waals surface area (Å²) < 4.78 is 5.87. The summed E-state index contributed by atoms with van der Waals surface area (Å²) in [5.41, 5.74) is 5.44. The van der Waals surface area contributed by atoms with Gasteiger partial charge in [-0.2, -0.15) is 0 Å². The lowest BCUT2D eigenvalue weighted by atomic mass is 10.0. The molecule has 0 radical (unpaired) electrons. The molecule has 4 N–H and O–H groups in total. The number of carboxylic acid groups (broad SMARTS) is 1. The van der Waals surface area contributed by atoms with Gasteiger partial charge in [-0.25, -0.2) is 4.79 Å². The quantitative estimate of drug-likeness (QED) is 0.0779. The van der Waals surface area contributed by atoms with Gasteiger partial charge in [-0.05, 0) is 57.9 Å². The van der Waals surface area contributed by atoms with Gasteiger partial charge in [0.05, 0.1) is 0 Å². The number of amides is 1. The summed E-state index contributed by atoms with van der Waals surface area (Å²) >= 11 is 0. The van der Waals surface area contributed by atoms with Crippen LogP contribution in [0.2, 0.25) is 0 Å². The molecule has 1 amide bonds. The van der Waals surface area contributed by atoms with Crippen LogP contribution in [0.15, 0.2) is 0 Å². The number of carbonyl (C=O) groups is 3. The zero-order valence-corrected chi connectivity index (χ0v) is 24.1. The first-order valence-corrected chi connectivity index (χ1v) is 15.4. The monoisotopic (exact) mass is 526 g/mol. The van der Waals surface area contributed by atoms with Crippen LogP contribution in [-0.4, -0.2) is 41.6 Å². The van der Waals surface area contributed by atoms with Crippen molar-refractivity contribution in [3.63, 3.8) is 0 Å². The Morgan fingerprint density at radius 3 is 1.70 bits per heavy atom. The van der Waals surface area contributed by atoms with Gasteiger partial charge in [-0.3, -0.25) is 9.59 Å². The van der Waals surface area contributed by atoms with Gasteiger partial charge in [-0.15, -0.1) is 0 Å². The van der Waals surface area contributed by atoms with Crippen molar-refractivity contribution in [2.24, 2.45) is 5.73 Å². The molecule has 218 valence electrons. The maximum atomic E-state index is 12.4. The van der Waals surface area contributed by atoms with Crippen molar-refractivity contribution in [3.8, 4) is 0 Å². The predicted octanol–water partition coefficient (Wildman–Crippen LogP) is 7.05. The van der Waals surface area contributed by atoms with E-state index >= 15 is 0 Å². The number of carbonyl (C=O) groups excluding carboxylic acids is 2. The number of esters is 1. The van der Waals surface area contributed by atoms with Gasteiger partial charge in [-0.1, -0.05) is 90.9 Å². The van der Waals surface area contributed by atoms with E-state index in [4.69, 9.17) is 10.5 Å². The minimum Gasteiger partial charge on any atom is -0.480 e. The fourth-order valence-corrected chi connectivity index (χ4v) is 4.57. The first kappa shape index (κ1) is 35.4. The molecule has 0 aliphatic rings. The maximum absolute atomic E-state index is 12.4. The van der Waals surface area contributed by atoms with Crippen LogP contribution < -0.4 is 11.1 Å². The fraction of sp³-hybridized carbons (Fsp3) is 0.900. The van der Waals surface area contributed by atoms with Gasteiger partial charge in [0, 0.05) is 12.8 Å². The van der Waals surface area contributed by atoms with Gasteiger partial charge in [0.15, 0.2) is 0 Å². The SMILES string of the molecule is CCCCCCCCCCC(=O)OC(CCCCCC)CCCCCCC(=O)NC(CCCN)C(=O)O. The van der Waals surface area contributed by atoms with E-state index in [2.05, 4.69) is 19.2 Å². The first-order valence-electron chi connectivity index (χ1n) is 15.4. The molecule has 2 unspecified atom stereocenters. The number of nitrogens with two attached hydrogens (primary N) is 1. The third-order valence-corrected chi connectivity index (χ3v) is 6.92. The highest BCUT2D eigenvalue weighted by Crippen LogP contribution is 2.18. The summed E-state index contributed by atoms with van der Waals surface area (Å²) in [6.07, 6.45) is 21.6. The van der Waals surface area contributed by atoms with Gasteiger partial charge in [0.2, 0.25) is 5.91 Å². The van der Waals surface area contributed by atoms with Crippen LogP contribution in [0.4, 0.5) is 0 Å². The molecule has 7 heteroatoms. The van der Waals surface area contributed by atoms with Crippen molar-refractivity contribution in [2.75, 3.05) is 6.54 Å². The molecule has 0 aliphatic carbocycles. The molecule has 0 fully saturated rings. The first-order chi connectivity index (χ1) is 17.9. The average molecular weight is 527 g/mol. The van der Waals surface area contributed by atoms with Crippen LogP contribution in [0.1, 0.15) is 155 Å². The van der Waals surface area contributed by atoms with Crippen molar-refractivity contribution < 1.29 is 24.2 Å². The van der Waals surface area contributed by atoms with E-state index in [1.54, 1.807) is 0 Å². The molecule has 0 bridgehead atoms. The van der Waals surface area contributed by atoms with Crippen LogP contribution >= 0.6 is 0 Å². The summed E-state index contributed by atoms with van der Waals surface area (Å²) in [5.74, 6) is -1.28. The van der Waals surface area contributed by atoms with E-state index in [9.17, 15) is 19.5 Å². The Morgan fingerprint density at radius 2 is 1.16 bits per heavy atom. The largest absolute Gasteiger partial charge is 0.480 e. The van der Waals surface area contributed by atoms with Gasteiger partial charge >= 0.3 is 11.9 Å². The standard InChI is InChI=1S/C30H58N2O5/c1-3-5-7-9-10-11-12-18-24-29(34)37-26(20-15-8-6-4-2)21-16-13-14-17-23-28(33)32-27(30(35)36)22-19-25-31/h26-27H,3-25,31H2,1-2H3,(H,32,33)(H,35,36). The molecule has 0 heterocycles. The predicted molar refractivity (Wildman–Crippen MR) is 151 cm³/mol. The van der Waals surface area contributed by atoms with Crippen LogP contribution in [0.25, 0.3) is 0 Å². The van der Waals surface area contributed by atoms with Crippen LogP contribution in [-0.2, 0) is 19.1 Å². The normalized spacial score (nSPS) is 12.7. The van der Waals surface area contributed by atoms with Crippen molar-refractivity contribution in [1.29, 1.82) is 0 Å². The van der Waals surface area contributed by atoms with E-state index in [0.29, 0.717) is 32.2 Å². The molecule has 0 saturated heterocycles. The molecule has 0 spiro atoms. The summed E-state index contributed by atoms with van der Waals surface area (Å²) in [4.78, 5) is 35.7. The highest BCUT2D eigenvalue weighted by atomic mass is 16.5. The molecule has 37 heavy (non-hydrogen) atoms. The molecule has 0 aromatic rings. The Bertz CT molecular complexity index is 570. The second-order valence-corrected chi connectivity index (χ2v) is 10.5. The number of hydrogen-bond donors (Lipinski definition) is 3. The van der Waals surface area contributed by atoms with Crippen LogP contribution in [0.3, 0.4) is 0 Å². The smallest absolute Gasteiger partial charge is 0.326 e. The third kappa shape index (κ3) is 23.2. The Balaban J connectivity index is 4.16. The fourth-order valence-electron chi connectivity index (χ4n) is 4.57. The average Bonchev–Trinajstić information content (AvgIpc) is 2.87. The number of aliphatic carboxylic acids is 1. The van der Waals surface area contributed by atoms with Crippen molar-refractivity contribution in [2.45, 2.75) is 167 Å². The zero-order valence-electron chi connectivity index (χ0n) is 24.1. The summed E-state index contributed by atoms with van der Waals surface area (Å²) in [6.45, 7) is 4.84. The van der Waals surface area contributed by atoms with Crippen molar-refractivity contribution >= 4 is 17.8 Å². The lowest BCUT2D eigenvalue weighted by Gasteiger charge is -2.18. The molecule has 0 saturated carbocycles. The van der Waals surface area contributed by atoms with E-state index in [1.807, 2.05) is 0 Å². The van der Waals surface area contributed by atoms with Gasteiger partial charge in [0.1, 0.15) is 12.1 Å². The highest BCUT2D eigenvalue weighted by Gasteiger charge is 2.19. The van der Waals surface area contributed by atoms with Crippen molar-refractivity contribution in [1.82, 2.24) is 5.32 Å². The molecule has 0 aliphatic heterocycles. The number of hydrogen-bond acceptors (Lipinski definition) is 5. The topological polar surface area (TPSA) is 119 Å². The lowest BCUT2D eigenvalue weighted by molar-refractivity contribution is -0.150. The number of ether oxygens (including phenoxy) is 1. The number of unbranched alkanes of at least 4 members (excludes halogenated alkanes) is 13. The van der Waals surface area contributed by atoms with Crippen molar-refractivity contribution in [3.05, 3.63) is 0 Å². The minimum absolute atomic E-state index is 0.000526. The molecule has 7 nitrogen and oxygen atoms in total. The Kier molecular flexibility index (Phi) is 24.9. The van der Waals surface area contributed by atoms with E-state index < -0.39 is 12.0 Å². The maximum Gasteiger partial charge on any atom is 0.326 e. The molecule has 0 aromatic heterocycles. The Morgan fingerprint density at radius 1 is 0.676 bits per heavy atom. The third-order valence-electron chi connectivity index (χ3n) is 6.92. The Labute approximate surface area is 227 Å². The lowest BCUT2D eigenvalue weighted by Crippen LogP contribution is -2.40. The summed E-state index contributed by atoms with van der Waals surface area (Å²) in [7, 11) is 0. The minimum atomic E-state index is -1.01. The van der Waals surface area contributed by atoms with E-state index in [1.165, 1.54) is 57.8 Å². The Hall–Kier alpha value is -1.63. The summed E-state index contributed by atoms with van der Waals surface area (Å²) in [5, 5.41) is 11.8. The second-order valence-electron chi connectivity index (χ2n) is 10.5. The van der Waals surface area contributed by atoms with Crippen LogP contribution in [0.5, 0.6) is 0 Å². The van der Waals surface area contributed by atoms with E-state index in [0.717, 1.165) is 57.8 Å². The second kappa shape index (κ2) is 26.0. The summed E-state index contributed by atoms with van der Waals surface area (Å²) in [6, 6.07) is -0.856. The molecule has 0 aromatic carbocycles.